The number of rotatable bonds is 6. The van der Waals surface area contributed by atoms with Gasteiger partial charge in [-0.05, 0) is 61.1 Å². The van der Waals surface area contributed by atoms with Gasteiger partial charge in [-0.15, -0.1) is 11.8 Å². The van der Waals surface area contributed by atoms with Crippen molar-refractivity contribution in [2.75, 3.05) is 10.7 Å². The van der Waals surface area contributed by atoms with Gasteiger partial charge in [0.05, 0.1) is 5.56 Å². The van der Waals surface area contributed by atoms with Gasteiger partial charge in [0.25, 0.3) is 0 Å². The third-order valence-electron chi connectivity index (χ3n) is 5.55. The summed E-state index contributed by atoms with van der Waals surface area (Å²) in [6, 6.07) is 23.7. The number of nitriles is 1. The first kappa shape index (κ1) is 21.1. The Labute approximate surface area is 187 Å². The van der Waals surface area contributed by atoms with E-state index in [-0.39, 0.29) is 5.91 Å². The minimum absolute atomic E-state index is 0.0233. The minimum Gasteiger partial charge on any atom is -0.281 e. The van der Waals surface area contributed by atoms with Crippen molar-refractivity contribution in [2.45, 2.75) is 37.6 Å². The van der Waals surface area contributed by atoms with Crippen molar-refractivity contribution < 1.29 is 4.79 Å². The van der Waals surface area contributed by atoms with Crippen LogP contribution in [0.2, 0.25) is 0 Å². The highest BCUT2D eigenvalue weighted by Gasteiger charge is 2.21. The van der Waals surface area contributed by atoms with Crippen molar-refractivity contribution in [3.63, 3.8) is 0 Å². The lowest BCUT2D eigenvalue weighted by Crippen LogP contribution is -2.26. The van der Waals surface area contributed by atoms with Gasteiger partial charge in [0.1, 0.15) is 11.1 Å². The van der Waals surface area contributed by atoms with Gasteiger partial charge in [0.15, 0.2) is 0 Å². The molecule has 1 aromatic heterocycles. The van der Waals surface area contributed by atoms with Gasteiger partial charge in [-0.25, -0.2) is 4.98 Å². The first-order valence-corrected chi connectivity index (χ1v) is 11.6. The van der Waals surface area contributed by atoms with Crippen LogP contribution in [-0.2, 0) is 17.6 Å². The molecule has 1 aliphatic rings. The summed E-state index contributed by atoms with van der Waals surface area (Å²) in [5, 5.41) is 10.3. The lowest BCUT2D eigenvalue weighted by Gasteiger charge is -2.23. The highest BCUT2D eigenvalue weighted by atomic mass is 32.2. The van der Waals surface area contributed by atoms with Crippen LogP contribution in [0.1, 0.15) is 36.6 Å². The number of amides is 1. The molecule has 2 aromatic carbocycles. The Morgan fingerprint density at radius 1 is 1.13 bits per heavy atom. The van der Waals surface area contributed by atoms with E-state index in [1.165, 1.54) is 17.3 Å². The van der Waals surface area contributed by atoms with E-state index in [1.807, 2.05) is 66.7 Å². The fourth-order valence-corrected chi connectivity index (χ4v) is 4.86. The summed E-state index contributed by atoms with van der Waals surface area (Å²) in [7, 11) is 0. The molecule has 0 radical (unpaired) electrons. The van der Waals surface area contributed by atoms with Crippen LogP contribution in [0.3, 0.4) is 0 Å². The third-order valence-corrected chi connectivity index (χ3v) is 6.54. The van der Waals surface area contributed by atoms with Gasteiger partial charge in [0, 0.05) is 29.2 Å². The van der Waals surface area contributed by atoms with E-state index in [0.717, 1.165) is 41.4 Å². The summed E-state index contributed by atoms with van der Waals surface area (Å²) >= 11 is 1.50. The average Bonchev–Trinajstić information content (AvgIpc) is 2.80. The average molecular weight is 428 g/mol. The standard InChI is InChI=1S/C26H25N3OS/c1-19-12-13-24-20(16-19)17-21(18-27)26(28-24)31-15-14-25(30)29(22-8-4-2-5-9-22)23-10-6-3-7-11-23/h2-11,17,19H,12-16H2,1H3. The number of carbonyl (C=O) groups is 1. The van der Waals surface area contributed by atoms with Gasteiger partial charge >= 0.3 is 0 Å². The summed E-state index contributed by atoms with van der Waals surface area (Å²) in [5.41, 5.74) is 4.63. The number of aryl methyl sites for hydroxylation is 1. The third kappa shape index (κ3) is 4.98. The molecule has 0 spiro atoms. The van der Waals surface area contributed by atoms with Gasteiger partial charge in [0.2, 0.25) is 5.91 Å². The molecule has 4 rings (SSSR count). The van der Waals surface area contributed by atoms with Crippen molar-refractivity contribution in [2.24, 2.45) is 5.92 Å². The predicted molar refractivity (Wildman–Crippen MR) is 126 cm³/mol. The van der Waals surface area contributed by atoms with Crippen molar-refractivity contribution in [3.05, 3.63) is 83.6 Å². The molecule has 0 fully saturated rings. The molecule has 4 nitrogen and oxygen atoms in total. The molecule has 0 bridgehead atoms. The largest absolute Gasteiger partial charge is 0.281 e. The van der Waals surface area contributed by atoms with Crippen LogP contribution in [0.25, 0.3) is 0 Å². The zero-order valence-electron chi connectivity index (χ0n) is 17.6. The molecule has 1 amide bonds. The number of hydrogen-bond donors (Lipinski definition) is 0. The van der Waals surface area contributed by atoms with Crippen molar-refractivity contribution >= 4 is 29.0 Å². The number of thioether (sulfide) groups is 1. The molecule has 1 unspecified atom stereocenters. The predicted octanol–water partition coefficient (Wildman–Crippen LogP) is 5.93. The molecule has 0 saturated carbocycles. The van der Waals surface area contributed by atoms with Crippen LogP contribution in [0.15, 0.2) is 71.8 Å². The highest BCUT2D eigenvalue weighted by molar-refractivity contribution is 7.99. The normalized spacial score (nSPS) is 15.0. The second-order valence-electron chi connectivity index (χ2n) is 7.91. The number of fused-ring (bicyclic) bond motifs is 1. The van der Waals surface area contributed by atoms with Crippen LogP contribution in [0, 0.1) is 17.2 Å². The fourth-order valence-electron chi connectivity index (χ4n) is 3.96. The molecule has 1 heterocycles. The van der Waals surface area contributed by atoms with Gasteiger partial charge in [-0.2, -0.15) is 5.26 Å². The lowest BCUT2D eigenvalue weighted by atomic mass is 9.87. The maximum absolute atomic E-state index is 13.2. The van der Waals surface area contributed by atoms with E-state index in [4.69, 9.17) is 4.98 Å². The molecule has 0 N–H and O–H groups in total. The second-order valence-corrected chi connectivity index (χ2v) is 8.99. The summed E-state index contributed by atoms with van der Waals surface area (Å²) in [6.45, 7) is 2.24. The number of nitrogens with zero attached hydrogens (tertiary/aromatic N) is 3. The van der Waals surface area contributed by atoms with Crippen LogP contribution in [0.4, 0.5) is 11.4 Å². The van der Waals surface area contributed by atoms with E-state index in [1.54, 1.807) is 4.90 Å². The molecule has 31 heavy (non-hydrogen) atoms. The molecule has 3 aromatic rings. The van der Waals surface area contributed by atoms with E-state index in [9.17, 15) is 10.1 Å². The highest BCUT2D eigenvalue weighted by Crippen LogP contribution is 2.31. The zero-order chi connectivity index (χ0) is 21.6. The molecule has 156 valence electrons. The first-order valence-electron chi connectivity index (χ1n) is 10.6. The number of benzene rings is 2. The Kier molecular flexibility index (Phi) is 6.69. The second kappa shape index (κ2) is 9.80. The van der Waals surface area contributed by atoms with Crippen LogP contribution in [-0.4, -0.2) is 16.6 Å². The van der Waals surface area contributed by atoms with Gasteiger partial charge < -0.3 is 0 Å². The maximum Gasteiger partial charge on any atom is 0.232 e. The molecule has 0 aliphatic heterocycles. The summed E-state index contributed by atoms with van der Waals surface area (Å²) in [6.07, 6.45) is 3.45. The van der Waals surface area contributed by atoms with Gasteiger partial charge in [-0.3, -0.25) is 9.69 Å². The first-order chi connectivity index (χ1) is 15.2. The summed E-state index contributed by atoms with van der Waals surface area (Å²) < 4.78 is 0. The SMILES string of the molecule is CC1CCc2nc(SCCC(=O)N(c3ccccc3)c3ccccc3)c(C#N)cc2C1. The maximum atomic E-state index is 13.2. The molecule has 5 heteroatoms. The Hall–Kier alpha value is -3.10. The Morgan fingerprint density at radius 2 is 1.77 bits per heavy atom. The van der Waals surface area contributed by atoms with Crippen LogP contribution in [0.5, 0.6) is 0 Å². The Balaban J connectivity index is 1.48. The zero-order valence-corrected chi connectivity index (χ0v) is 18.4. The lowest BCUT2D eigenvalue weighted by molar-refractivity contribution is -0.117. The quantitative estimate of drug-likeness (QED) is 0.458. The number of hydrogen-bond acceptors (Lipinski definition) is 4. The topological polar surface area (TPSA) is 57.0 Å². The number of pyridine rings is 1. The van der Waals surface area contributed by atoms with E-state index in [0.29, 0.717) is 23.7 Å². The Morgan fingerprint density at radius 3 is 2.39 bits per heavy atom. The molecule has 1 aliphatic carbocycles. The minimum atomic E-state index is 0.0233. The van der Waals surface area contributed by atoms with Crippen LogP contribution >= 0.6 is 11.8 Å². The summed E-state index contributed by atoms with van der Waals surface area (Å²) in [5.74, 6) is 1.24. The van der Waals surface area contributed by atoms with Crippen molar-refractivity contribution in [1.82, 2.24) is 4.98 Å². The molecule has 0 saturated heterocycles. The monoisotopic (exact) mass is 427 g/mol. The van der Waals surface area contributed by atoms with Gasteiger partial charge in [-0.1, -0.05) is 43.3 Å². The van der Waals surface area contributed by atoms with E-state index < -0.39 is 0 Å². The number of anilines is 2. The van der Waals surface area contributed by atoms with E-state index >= 15 is 0 Å². The Bertz CT molecular complexity index is 1050. The smallest absolute Gasteiger partial charge is 0.232 e. The summed E-state index contributed by atoms with van der Waals surface area (Å²) in [4.78, 5) is 19.7. The van der Waals surface area contributed by atoms with Crippen molar-refractivity contribution in [1.29, 1.82) is 5.26 Å². The molecular weight excluding hydrogens is 402 g/mol. The van der Waals surface area contributed by atoms with E-state index in [2.05, 4.69) is 13.0 Å². The van der Waals surface area contributed by atoms with Crippen LogP contribution < -0.4 is 4.90 Å². The number of para-hydroxylation sites is 2. The fraction of sp³-hybridized carbons (Fsp3) is 0.269. The number of aromatic nitrogens is 1. The molecule has 1 atom stereocenters. The molecular formula is C26H25N3OS. The van der Waals surface area contributed by atoms with Crippen molar-refractivity contribution in [3.8, 4) is 6.07 Å². The number of carbonyl (C=O) groups excluding carboxylic acids is 1.